The van der Waals surface area contributed by atoms with Crippen LogP contribution in [0.25, 0.3) is 10.9 Å². The fourth-order valence-corrected chi connectivity index (χ4v) is 3.27. The highest BCUT2D eigenvalue weighted by molar-refractivity contribution is 5.88. The minimum atomic E-state index is 0.760. The minimum Gasteiger partial charge on any atom is -0.344 e. The molecule has 3 rings (SSSR count). The van der Waals surface area contributed by atoms with Crippen molar-refractivity contribution in [3.63, 3.8) is 0 Å². The van der Waals surface area contributed by atoms with Crippen molar-refractivity contribution in [2.75, 3.05) is 13.1 Å². The van der Waals surface area contributed by atoms with Crippen molar-refractivity contribution in [1.82, 2.24) is 9.47 Å². The molecule has 0 spiro atoms. The Labute approximate surface area is 120 Å². The Balaban J connectivity index is 1.94. The lowest BCUT2D eigenvalue weighted by molar-refractivity contribution is 0.112. The summed E-state index contributed by atoms with van der Waals surface area (Å²) in [4.78, 5) is 13.5. The van der Waals surface area contributed by atoms with Gasteiger partial charge < -0.3 is 4.57 Å². The fourth-order valence-electron chi connectivity index (χ4n) is 3.27. The van der Waals surface area contributed by atoms with Gasteiger partial charge in [-0.25, -0.2) is 0 Å². The Morgan fingerprint density at radius 3 is 2.65 bits per heavy atom. The maximum atomic E-state index is 10.9. The van der Waals surface area contributed by atoms with Crippen molar-refractivity contribution in [2.24, 2.45) is 0 Å². The molecule has 0 aliphatic carbocycles. The number of piperidine rings is 1. The molecule has 20 heavy (non-hydrogen) atoms. The number of nitrogens with zero attached hydrogens (tertiary/aromatic N) is 2. The predicted octanol–water partition coefficient (Wildman–Crippen LogP) is 3.46. The van der Waals surface area contributed by atoms with Gasteiger partial charge in [0.15, 0.2) is 0 Å². The van der Waals surface area contributed by atoms with E-state index in [4.69, 9.17) is 0 Å². The predicted molar refractivity (Wildman–Crippen MR) is 82.1 cm³/mol. The molecule has 1 fully saturated rings. The lowest BCUT2D eigenvalue weighted by Crippen LogP contribution is -2.29. The quantitative estimate of drug-likeness (QED) is 0.795. The number of carbonyl (C=O) groups is 1. The first-order valence-corrected chi connectivity index (χ1v) is 7.61. The molecule has 0 atom stereocenters. The second-order valence-corrected chi connectivity index (χ2v) is 5.65. The Bertz CT molecular complexity index is 609. The second-order valence-electron chi connectivity index (χ2n) is 5.65. The van der Waals surface area contributed by atoms with Crippen molar-refractivity contribution in [3.05, 3.63) is 35.5 Å². The van der Waals surface area contributed by atoms with E-state index in [1.807, 2.05) is 12.1 Å². The first kappa shape index (κ1) is 13.4. The van der Waals surface area contributed by atoms with Gasteiger partial charge in [0.2, 0.25) is 0 Å². The highest BCUT2D eigenvalue weighted by atomic mass is 16.1. The van der Waals surface area contributed by atoms with Gasteiger partial charge in [-0.1, -0.05) is 6.42 Å². The molecular formula is C17H22N2O. The zero-order valence-corrected chi connectivity index (χ0v) is 12.1. The van der Waals surface area contributed by atoms with E-state index in [2.05, 4.69) is 28.5 Å². The summed E-state index contributed by atoms with van der Waals surface area (Å²) in [5.41, 5.74) is 3.37. The van der Waals surface area contributed by atoms with Crippen molar-refractivity contribution >= 4 is 17.2 Å². The van der Waals surface area contributed by atoms with Crippen LogP contribution in [0.3, 0.4) is 0 Å². The van der Waals surface area contributed by atoms with Gasteiger partial charge in [0.1, 0.15) is 6.29 Å². The van der Waals surface area contributed by atoms with E-state index in [1.54, 1.807) is 0 Å². The molecule has 0 saturated carbocycles. The summed E-state index contributed by atoms with van der Waals surface area (Å²) >= 11 is 0. The molecule has 1 aromatic carbocycles. The number of aryl methyl sites for hydroxylation is 1. The molecule has 3 nitrogen and oxygen atoms in total. The van der Waals surface area contributed by atoms with E-state index in [9.17, 15) is 4.79 Å². The summed E-state index contributed by atoms with van der Waals surface area (Å²) in [5.74, 6) is 0. The maximum Gasteiger partial charge on any atom is 0.150 e. The first-order chi connectivity index (χ1) is 9.81. The average Bonchev–Trinajstić information content (AvgIpc) is 2.84. The standard InChI is InChI=1S/C17H22N2O/c1-2-19-16(12-18-8-4-3-5-9-18)11-15-10-14(13-20)6-7-17(15)19/h6-7,10-11,13H,2-5,8-9,12H2,1H3. The highest BCUT2D eigenvalue weighted by Gasteiger charge is 2.14. The fraction of sp³-hybridized carbons (Fsp3) is 0.471. The van der Waals surface area contributed by atoms with E-state index in [0.29, 0.717) is 0 Å². The van der Waals surface area contributed by atoms with E-state index >= 15 is 0 Å². The minimum absolute atomic E-state index is 0.760. The molecule has 1 aliphatic rings. The molecule has 0 unspecified atom stereocenters. The third kappa shape index (κ3) is 2.50. The number of likely N-dealkylation sites (tertiary alicyclic amines) is 1. The van der Waals surface area contributed by atoms with Crippen LogP contribution in [0.2, 0.25) is 0 Å². The van der Waals surface area contributed by atoms with Crippen molar-refractivity contribution in [2.45, 2.75) is 39.3 Å². The molecular weight excluding hydrogens is 248 g/mol. The summed E-state index contributed by atoms with van der Waals surface area (Å²) in [6, 6.07) is 8.23. The number of aromatic nitrogens is 1. The molecule has 2 aromatic rings. The van der Waals surface area contributed by atoms with Crippen LogP contribution >= 0.6 is 0 Å². The maximum absolute atomic E-state index is 10.9. The van der Waals surface area contributed by atoms with E-state index in [1.165, 1.54) is 48.9 Å². The first-order valence-electron chi connectivity index (χ1n) is 7.61. The van der Waals surface area contributed by atoms with Crippen LogP contribution in [0.15, 0.2) is 24.3 Å². The number of carbonyl (C=O) groups excluding carboxylic acids is 1. The molecule has 0 N–H and O–H groups in total. The van der Waals surface area contributed by atoms with Gasteiger partial charge in [0.25, 0.3) is 0 Å². The zero-order valence-electron chi connectivity index (χ0n) is 12.1. The van der Waals surface area contributed by atoms with Crippen molar-refractivity contribution in [3.8, 4) is 0 Å². The molecule has 106 valence electrons. The Hall–Kier alpha value is -1.61. The van der Waals surface area contributed by atoms with Crippen molar-refractivity contribution < 1.29 is 4.79 Å². The summed E-state index contributed by atoms with van der Waals surface area (Å²) < 4.78 is 2.37. The van der Waals surface area contributed by atoms with E-state index in [0.717, 1.165) is 24.9 Å². The summed E-state index contributed by atoms with van der Waals surface area (Å²) in [5, 5.41) is 1.18. The molecule has 2 heterocycles. The summed E-state index contributed by atoms with van der Waals surface area (Å²) in [6.45, 7) is 6.62. The van der Waals surface area contributed by atoms with Gasteiger partial charge in [-0.05, 0) is 57.1 Å². The molecule has 0 amide bonds. The molecule has 1 aromatic heterocycles. The second kappa shape index (κ2) is 5.80. The molecule has 0 bridgehead atoms. The van der Waals surface area contributed by atoms with Gasteiger partial charge in [-0.3, -0.25) is 9.69 Å². The Morgan fingerprint density at radius 2 is 1.95 bits per heavy atom. The van der Waals surface area contributed by atoms with Gasteiger partial charge in [-0.15, -0.1) is 0 Å². The van der Waals surface area contributed by atoms with Gasteiger partial charge in [0.05, 0.1) is 0 Å². The normalized spacial score (nSPS) is 16.6. The number of hydrogen-bond acceptors (Lipinski definition) is 2. The summed E-state index contributed by atoms with van der Waals surface area (Å²) in [6.07, 6.45) is 4.94. The van der Waals surface area contributed by atoms with Crippen LogP contribution in [0, 0.1) is 0 Å². The highest BCUT2D eigenvalue weighted by Crippen LogP contribution is 2.23. The van der Waals surface area contributed by atoms with Crippen LogP contribution in [-0.2, 0) is 13.1 Å². The monoisotopic (exact) mass is 270 g/mol. The topological polar surface area (TPSA) is 25.2 Å². The van der Waals surface area contributed by atoms with Crippen LogP contribution in [0.1, 0.15) is 42.2 Å². The summed E-state index contributed by atoms with van der Waals surface area (Å²) in [7, 11) is 0. The van der Waals surface area contributed by atoms with Gasteiger partial charge >= 0.3 is 0 Å². The number of hydrogen-bond donors (Lipinski definition) is 0. The largest absolute Gasteiger partial charge is 0.344 e. The van der Waals surface area contributed by atoms with Crippen LogP contribution in [0.4, 0.5) is 0 Å². The van der Waals surface area contributed by atoms with E-state index < -0.39 is 0 Å². The third-order valence-electron chi connectivity index (χ3n) is 4.30. The number of benzene rings is 1. The third-order valence-corrected chi connectivity index (χ3v) is 4.30. The van der Waals surface area contributed by atoms with Crippen LogP contribution < -0.4 is 0 Å². The smallest absolute Gasteiger partial charge is 0.150 e. The SMILES string of the molecule is CCn1c(CN2CCCCC2)cc2cc(C=O)ccc21. The van der Waals surface area contributed by atoms with Gasteiger partial charge in [0, 0.05) is 35.2 Å². The molecule has 1 aliphatic heterocycles. The number of fused-ring (bicyclic) bond motifs is 1. The molecule has 3 heteroatoms. The van der Waals surface area contributed by atoms with Gasteiger partial charge in [-0.2, -0.15) is 0 Å². The Morgan fingerprint density at radius 1 is 1.15 bits per heavy atom. The van der Waals surface area contributed by atoms with Crippen LogP contribution in [0.5, 0.6) is 0 Å². The lowest BCUT2D eigenvalue weighted by atomic mass is 10.1. The zero-order chi connectivity index (χ0) is 13.9. The number of aldehydes is 1. The number of rotatable bonds is 4. The molecule has 1 saturated heterocycles. The van der Waals surface area contributed by atoms with Crippen LogP contribution in [-0.4, -0.2) is 28.8 Å². The average molecular weight is 270 g/mol. The van der Waals surface area contributed by atoms with E-state index in [-0.39, 0.29) is 0 Å². The van der Waals surface area contributed by atoms with Crippen molar-refractivity contribution in [1.29, 1.82) is 0 Å². The molecule has 0 radical (unpaired) electrons. The lowest BCUT2D eigenvalue weighted by Gasteiger charge is -2.26. The Kier molecular flexibility index (Phi) is 3.88.